The Morgan fingerprint density at radius 2 is 2.33 bits per heavy atom. The number of hydrogen-bond acceptors (Lipinski definition) is 2. The summed E-state index contributed by atoms with van der Waals surface area (Å²) in [5, 5.41) is 0. The van der Waals surface area contributed by atoms with Crippen LogP contribution in [0.1, 0.15) is 26.2 Å². The summed E-state index contributed by atoms with van der Waals surface area (Å²) in [6, 6.07) is 0. The maximum atomic E-state index is 11.0. The Morgan fingerprint density at radius 1 is 1.50 bits per heavy atom. The van der Waals surface area contributed by atoms with Crippen molar-refractivity contribution in [1.29, 1.82) is 0 Å². The van der Waals surface area contributed by atoms with Gasteiger partial charge in [-0.05, 0) is 38.0 Å². The van der Waals surface area contributed by atoms with Crippen LogP contribution in [0, 0.1) is 17.8 Å². The smallest absolute Gasteiger partial charge is 0.133 e. The molecule has 0 aromatic heterocycles. The second-order valence-electron chi connectivity index (χ2n) is 4.09. The van der Waals surface area contributed by atoms with Crippen molar-refractivity contribution in [1.82, 2.24) is 0 Å². The van der Waals surface area contributed by atoms with Crippen LogP contribution in [0.3, 0.4) is 0 Å². The predicted octanol–water partition coefficient (Wildman–Crippen LogP) is 1.64. The van der Waals surface area contributed by atoms with Gasteiger partial charge in [-0.2, -0.15) is 0 Å². The Balaban J connectivity index is 1.83. The Kier molecular flexibility index (Phi) is 2.18. The molecule has 0 spiro atoms. The van der Waals surface area contributed by atoms with Gasteiger partial charge in [-0.3, -0.25) is 4.79 Å². The molecule has 2 fully saturated rings. The molecule has 2 rings (SSSR count). The Labute approximate surface area is 73.3 Å². The SMILES string of the molecule is CC(=O)C1CC1C1CCCOC1. The molecule has 0 aromatic rings. The van der Waals surface area contributed by atoms with Crippen molar-refractivity contribution < 1.29 is 9.53 Å². The number of rotatable bonds is 2. The highest BCUT2D eigenvalue weighted by molar-refractivity contribution is 5.81. The largest absolute Gasteiger partial charge is 0.381 e. The molecule has 1 aliphatic heterocycles. The molecule has 0 N–H and O–H groups in total. The molecule has 12 heavy (non-hydrogen) atoms. The third-order valence-corrected chi connectivity index (χ3v) is 3.16. The Bertz CT molecular complexity index is 182. The topological polar surface area (TPSA) is 26.3 Å². The van der Waals surface area contributed by atoms with Crippen molar-refractivity contribution in [2.45, 2.75) is 26.2 Å². The summed E-state index contributed by atoms with van der Waals surface area (Å²) in [5.41, 5.74) is 0. The third-order valence-electron chi connectivity index (χ3n) is 3.16. The predicted molar refractivity (Wildman–Crippen MR) is 45.8 cm³/mol. The zero-order valence-corrected chi connectivity index (χ0v) is 7.58. The molecule has 0 aromatic carbocycles. The number of hydrogen-bond donors (Lipinski definition) is 0. The van der Waals surface area contributed by atoms with Gasteiger partial charge in [0, 0.05) is 19.1 Å². The number of Topliss-reactive ketones (excluding diaryl/α,β-unsaturated/α-hetero) is 1. The second-order valence-corrected chi connectivity index (χ2v) is 4.09. The first-order valence-corrected chi connectivity index (χ1v) is 4.87. The Hall–Kier alpha value is -0.370. The van der Waals surface area contributed by atoms with Crippen LogP contribution in [-0.2, 0) is 9.53 Å². The average molecular weight is 168 g/mol. The molecule has 3 unspecified atom stereocenters. The van der Waals surface area contributed by atoms with E-state index in [1.165, 1.54) is 12.8 Å². The zero-order valence-electron chi connectivity index (χ0n) is 7.58. The molecule has 68 valence electrons. The summed E-state index contributed by atoms with van der Waals surface area (Å²) in [6.45, 7) is 3.54. The molecule has 1 aliphatic carbocycles. The van der Waals surface area contributed by atoms with Crippen molar-refractivity contribution >= 4 is 5.78 Å². The van der Waals surface area contributed by atoms with Gasteiger partial charge in [-0.25, -0.2) is 0 Å². The maximum Gasteiger partial charge on any atom is 0.133 e. The average Bonchev–Trinajstić information content (AvgIpc) is 2.84. The number of carbonyl (C=O) groups excluding carboxylic acids is 1. The van der Waals surface area contributed by atoms with E-state index >= 15 is 0 Å². The van der Waals surface area contributed by atoms with Gasteiger partial charge in [-0.1, -0.05) is 0 Å². The first-order valence-electron chi connectivity index (χ1n) is 4.87. The van der Waals surface area contributed by atoms with E-state index in [0.29, 0.717) is 23.5 Å². The quantitative estimate of drug-likeness (QED) is 0.626. The van der Waals surface area contributed by atoms with Crippen molar-refractivity contribution in [2.24, 2.45) is 17.8 Å². The lowest BCUT2D eigenvalue weighted by molar-refractivity contribution is -0.118. The molecule has 1 heterocycles. The molecule has 2 aliphatic rings. The fourth-order valence-electron chi connectivity index (χ4n) is 2.31. The van der Waals surface area contributed by atoms with Crippen LogP contribution < -0.4 is 0 Å². The van der Waals surface area contributed by atoms with Crippen molar-refractivity contribution in [3.63, 3.8) is 0 Å². The molecule has 2 heteroatoms. The van der Waals surface area contributed by atoms with Gasteiger partial charge in [0.2, 0.25) is 0 Å². The van der Waals surface area contributed by atoms with Crippen LogP contribution >= 0.6 is 0 Å². The molecule has 1 saturated carbocycles. The molecule has 2 nitrogen and oxygen atoms in total. The maximum absolute atomic E-state index is 11.0. The van der Waals surface area contributed by atoms with E-state index in [1.54, 1.807) is 6.92 Å². The highest BCUT2D eigenvalue weighted by atomic mass is 16.5. The number of ketones is 1. The minimum atomic E-state index is 0.380. The van der Waals surface area contributed by atoms with Crippen LogP contribution in [-0.4, -0.2) is 19.0 Å². The molecular formula is C10H16O2. The van der Waals surface area contributed by atoms with E-state index in [9.17, 15) is 4.79 Å². The summed E-state index contributed by atoms with van der Waals surface area (Å²) in [4.78, 5) is 11.0. The lowest BCUT2D eigenvalue weighted by Crippen LogP contribution is -2.20. The van der Waals surface area contributed by atoms with Gasteiger partial charge in [0.1, 0.15) is 5.78 Å². The summed E-state index contributed by atoms with van der Waals surface area (Å²) in [6.07, 6.45) is 3.59. The summed E-state index contributed by atoms with van der Waals surface area (Å²) >= 11 is 0. The third kappa shape index (κ3) is 1.53. The standard InChI is InChI=1S/C10H16O2/c1-7(11)9-5-10(9)8-3-2-4-12-6-8/h8-10H,2-6H2,1H3. The Morgan fingerprint density at radius 3 is 2.83 bits per heavy atom. The number of ether oxygens (including phenoxy) is 1. The lowest BCUT2D eigenvalue weighted by Gasteiger charge is -2.21. The first-order chi connectivity index (χ1) is 5.79. The van der Waals surface area contributed by atoms with Crippen molar-refractivity contribution in [2.75, 3.05) is 13.2 Å². The number of carbonyl (C=O) groups is 1. The molecule has 3 atom stereocenters. The van der Waals surface area contributed by atoms with Gasteiger partial charge in [-0.15, -0.1) is 0 Å². The summed E-state index contributed by atoms with van der Waals surface area (Å²) in [5.74, 6) is 2.12. The minimum Gasteiger partial charge on any atom is -0.381 e. The van der Waals surface area contributed by atoms with E-state index < -0.39 is 0 Å². The molecule has 0 amide bonds. The molecule has 0 radical (unpaired) electrons. The van der Waals surface area contributed by atoms with Crippen LogP contribution in [0.4, 0.5) is 0 Å². The molecular weight excluding hydrogens is 152 g/mol. The molecule has 0 bridgehead atoms. The molecule has 1 saturated heterocycles. The van der Waals surface area contributed by atoms with E-state index in [0.717, 1.165) is 19.6 Å². The zero-order chi connectivity index (χ0) is 8.55. The van der Waals surface area contributed by atoms with Gasteiger partial charge < -0.3 is 4.74 Å². The van der Waals surface area contributed by atoms with E-state index in [4.69, 9.17) is 4.74 Å². The van der Waals surface area contributed by atoms with Crippen LogP contribution in [0.15, 0.2) is 0 Å². The fourth-order valence-corrected chi connectivity index (χ4v) is 2.31. The van der Waals surface area contributed by atoms with Gasteiger partial charge >= 0.3 is 0 Å². The van der Waals surface area contributed by atoms with E-state index in [-0.39, 0.29) is 0 Å². The van der Waals surface area contributed by atoms with Crippen LogP contribution in [0.25, 0.3) is 0 Å². The summed E-state index contributed by atoms with van der Waals surface area (Å²) in [7, 11) is 0. The van der Waals surface area contributed by atoms with Crippen LogP contribution in [0.2, 0.25) is 0 Å². The van der Waals surface area contributed by atoms with E-state index in [2.05, 4.69) is 0 Å². The second kappa shape index (κ2) is 3.17. The first kappa shape index (κ1) is 8.24. The highest BCUT2D eigenvalue weighted by Crippen LogP contribution is 2.47. The van der Waals surface area contributed by atoms with Gasteiger partial charge in [0.25, 0.3) is 0 Å². The van der Waals surface area contributed by atoms with E-state index in [1.807, 2.05) is 0 Å². The highest BCUT2D eigenvalue weighted by Gasteiger charge is 2.45. The monoisotopic (exact) mass is 168 g/mol. The lowest BCUT2D eigenvalue weighted by atomic mass is 9.95. The minimum absolute atomic E-state index is 0.380. The van der Waals surface area contributed by atoms with Crippen LogP contribution in [0.5, 0.6) is 0 Å². The fraction of sp³-hybridized carbons (Fsp3) is 0.900. The van der Waals surface area contributed by atoms with Gasteiger partial charge in [0.05, 0.1) is 0 Å². The van der Waals surface area contributed by atoms with Crippen molar-refractivity contribution in [3.8, 4) is 0 Å². The van der Waals surface area contributed by atoms with Gasteiger partial charge in [0.15, 0.2) is 0 Å². The normalized spacial score (nSPS) is 40.9. The summed E-state index contributed by atoms with van der Waals surface area (Å²) < 4.78 is 5.40. The van der Waals surface area contributed by atoms with Crippen molar-refractivity contribution in [3.05, 3.63) is 0 Å².